The van der Waals surface area contributed by atoms with Gasteiger partial charge in [-0.05, 0) is 19.3 Å². The SMILES string of the molecule is C[Si](C)(C)NC(NCCCNC(N[Si](C)(C)C)=C1C=CCC=C1)=C1C=CCC=C1. The maximum atomic E-state index is 3.76. The van der Waals surface area contributed by atoms with Crippen molar-refractivity contribution in [3.05, 3.63) is 71.4 Å². The van der Waals surface area contributed by atoms with Gasteiger partial charge < -0.3 is 20.6 Å². The number of rotatable bonds is 10. The molecule has 0 atom stereocenters. The Labute approximate surface area is 180 Å². The summed E-state index contributed by atoms with van der Waals surface area (Å²) in [6.07, 6.45) is 20.8. The smallest absolute Gasteiger partial charge is 0.145 e. The molecule has 0 unspecified atom stereocenters. The van der Waals surface area contributed by atoms with Crippen molar-refractivity contribution in [2.24, 2.45) is 0 Å². The highest BCUT2D eigenvalue weighted by atomic mass is 28.3. The predicted octanol–water partition coefficient (Wildman–Crippen LogP) is 4.86. The van der Waals surface area contributed by atoms with Crippen molar-refractivity contribution < 1.29 is 0 Å². The Bertz CT molecular complexity index is 639. The van der Waals surface area contributed by atoms with Crippen LogP contribution in [-0.2, 0) is 0 Å². The minimum atomic E-state index is -1.42. The molecule has 160 valence electrons. The van der Waals surface area contributed by atoms with Crippen LogP contribution in [0.3, 0.4) is 0 Å². The van der Waals surface area contributed by atoms with Gasteiger partial charge in [0.05, 0.1) is 11.6 Å². The molecule has 0 spiro atoms. The number of allylic oxidation sites excluding steroid dienone is 10. The van der Waals surface area contributed by atoms with E-state index in [1.54, 1.807) is 0 Å². The van der Waals surface area contributed by atoms with Crippen molar-refractivity contribution in [3.63, 3.8) is 0 Å². The second-order valence-corrected chi connectivity index (χ2v) is 19.2. The lowest BCUT2D eigenvalue weighted by molar-refractivity contribution is 0.650. The maximum absolute atomic E-state index is 3.76. The first-order chi connectivity index (χ1) is 13.6. The van der Waals surface area contributed by atoms with Crippen LogP contribution in [0.2, 0.25) is 39.3 Å². The molecule has 0 bridgehead atoms. The van der Waals surface area contributed by atoms with Gasteiger partial charge in [-0.3, -0.25) is 0 Å². The fourth-order valence-electron chi connectivity index (χ4n) is 3.08. The van der Waals surface area contributed by atoms with E-state index in [2.05, 4.69) is 108 Å². The lowest BCUT2D eigenvalue weighted by atomic mass is 10.1. The zero-order valence-electron chi connectivity index (χ0n) is 19.2. The monoisotopic (exact) mass is 428 g/mol. The summed E-state index contributed by atoms with van der Waals surface area (Å²) in [6.45, 7) is 15.9. The molecule has 2 rings (SSSR count). The van der Waals surface area contributed by atoms with Crippen LogP contribution in [0.1, 0.15) is 19.3 Å². The van der Waals surface area contributed by atoms with Crippen LogP contribution in [0.25, 0.3) is 0 Å². The topological polar surface area (TPSA) is 48.1 Å². The Morgan fingerprint density at radius 3 is 1.31 bits per heavy atom. The fourth-order valence-corrected chi connectivity index (χ4v) is 5.05. The molecule has 0 aromatic heterocycles. The molecule has 0 amide bonds. The van der Waals surface area contributed by atoms with Crippen LogP contribution in [0, 0.1) is 0 Å². The standard InChI is InChI=1S/C23H40N4Si2/c1-28(2,3)26-22(20-14-9-7-10-15-20)24-18-13-19-25-23(27-29(4,5)6)21-16-11-8-12-17-21/h9-12,14-17,24-27H,7-8,13,18-19H2,1-6H3. The molecule has 6 heteroatoms. The first-order valence-corrected chi connectivity index (χ1v) is 17.8. The van der Waals surface area contributed by atoms with Crippen molar-refractivity contribution in [1.29, 1.82) is 0 Å². The first-order valence-electron chi connectivity index (χ1n) is 10.8. The molecule has 0 aromatic rings. The van der Waals surface area contributed by atoms with Crippen molar-refractivity contribution >= 4 is 16.5 Å². The minimum absolute atomic E-state index is 0.937. The maximum Gasteiger partial charge on any atom is 0.145 e. The second-order valence-electron chi connectivity index (χ2n) is 9.70. The van der Waals surface area contributed by atoms with Gasteiger partial charge in [0.15, 0.2) is 0 Å². The van der Waals surface area contributed by atoms with E-state index in [-0.39, 0.29) is 0 Å². The highest BCUT2D eigenvalue weighted by molar-refractivity contribution is 6.74. The van der Waals surface area contributed by atoms with Crippen LogP contribution in [-0.4, -0.2) is 29.6 Å². The highest BCUT2D eigenvalue weighted by Gasteiger charge is 2.17. The molecule has 0 aromatic carbocycles. The Morgan fingerprint density at radius 1 is 0.655 bits per heavy atom. The Balaban J connectivity index is 1.93. The number of hydrogen-bond donors (Lipinski definition) is 4. The molecule has 0 saturated carbocycles. The zero-order chi connectivity index (χ0) is 21.3. The number of nitrogens with one attached hydrogen (secondary N) is 4. The molecule has 0 aliphatic heterocycles. The predicted molar refractivity (Wildman–Crippen MR) is 133 cm³/mol. The first kappa shape index (κ1) is 23.4. The van der Waals surface area contributed by atoms with E-state index in [0.29, 0.717) is 0 Å². The molecule has 0 radical (unpaired) electrons. The molecule has 4 N–H and O–H groups in total. The molecule has 2 aliphatic carbocycles. The average molecular weight is 429 g/mol. The van der Waals surface area contributed by atoms with E-state index in [4.69, 9.17) is 0 Å². The molecule has 4 nitrogen and oxygen atoms in total. The third-order valence-corrected chi connectivity index (χ3v) is 6.27. The summed E-state index contributed by atoms with van der Waals surface area (Å²) in [7, 11) is -2.84. The fraction of sp³-hybridized carbons (Fsp3) is 0.478. The van der Waals surface area contributed by atoms with Gasteiger partial charge in [0.25, 0.3) is 0 Å². The summed E-state index contributed by atoms with van der Waals surface area (Å²) in [6, 6.07) is 0. The van der Waals surface area contributed by atoms with E-state index < -0.39 is 16.5 Å². The van der Waals surface area contributed by atoms with Gasteiger partial charge in [0.2, 0.25) is 0 Å². The minimum Gasteiger partial charge on any atom is -0.397 e. The van der Waals surface area contributed by atoms with Gasteiger partial charge in [-0.25, -0.2) is 0 Å². The Morgan fingerprint density at radius 2 is 1.00 bits per heavy atom. The van der Waals surface area contributed by atoms with Crippen molar-refractivity contribution in [3.8, 4) is 0 Å². The van der Waals surface area contributed by atoms with E-state index in [1.165, 1.54) is 22.8 Å². The second kappa shape index (κ2) is 10.7. The largest absolute Gasteiger partial charge is 0.397 e. The van der Waals surface area contributed by atoms with E-state index in [0.717, 1.165) is 32.4 Å². The van der Waals surface area contributed by atoms with Crippen LogP contribution in [0.15, 0.2) is 71.4 Å². The summed E-state index contributed by atoms with van der Waals surface area (Å²) in [5.74, 6) is 2.35. The lowest BCUT2D eigenvalue weighted by Gasteiger charge is -2.26. The van der Waals surface area contributed by atoms with Gasteiger partial charge in [-0.15, -0.1) is 0 Å². The number of hydrogen-bond acceptors (Lipinski definition) is 4. The van der Waals surface area contributed by atoms with Gasteiger partial charge in [-0.1, -0.05) is 87.9 Å². The summed E-state index contributed by atoms with van der Waals surface area (Å²) in [5, 5.41) is 7.31. The lowest BCUT2D eigenvalue weighted by Crippen LogP contribution is -2.46. The third-order valence-electron chi connectivity index (χ3n) is 4.27. The molecule has 0 saturated heterocycles. The molecular weight excluding hydrogens is 388 g/mol. The van der Waals surface area contributed by atoms with Crippen molar-refractivity contribution in [2.45, 2.75) is 58.5 Å². The average Bonchev–Trinajstić information content (AvgIpc) is 2.65. The molecular formula is C23H40N4Si2. The third kappa shape index (κ3) is 9.41. The van der Waals surface area contributed by atoms with Gasteiger partial charge >= 0.3 is 0 Å². The van der Waals surface area contributed by atoms with Crippen molar-refractivity contribution in [2.75, 3.05) is 13.1 Å². The van der Waals surface area contributed by atoms with E-state index in [9.17, 15) is 0 Å². The molecule has 29 heavy (non-hydrogen) atoms. The highest BCUT2D eigenvalue weighted by Crippen LogP contribution is 2.14. The summed E-state index contributed by atoms with van der Waals surface area (Å²) >= 11 is 0. The molecule has 0 fully saturated rings. The molecule has 0 heterocycles. The van der Waals surface area contributed by atoms with Crippen LogP contribution >= 0.6 is 0 Å². The summed E-state index contributed by atoms with van der Waals surface area (Å²) in [4.78, 5) is 7.52. The quantitative estimate of drug-likeness (QED) is 0.296. The van der Waals surface area contributed by atoms with Crippen LogP contribution < -0.4 is 20.6 Å². The Kier molecular flexibility index (Phi) is 8.65. The zero-order valence-corrected chi connectivity index (χ0v) is 21.2. The van der Waals surface area contributed by atoms with E-state index in [1.807, 2.05) is 0 Å². The van der Waals surface area contributed by atoms with Crippen LogP contribution in [0.5, 0.6) is 0 Å². The van der Waals surface area contributed by atoms with E-state index >= 15 is 0 Å². The summed E-state index contributed by atoms with van der Waals surface area (Å²) in [5.41, 5.74) is 2.51. The normalized spacial score (nSPS) is 16.1. The van der Waals surface area contributed by atoms with Gasteiger partial charge in [0.1, 0.15) is 16.5 Å². The summed E-state index contributed by atoms with van der Waals surface area (Å²) < 4.78 is 0. The van der Waals surface area contributed by atoms with Crippen molar-refractivity contribution in [1.82, 2.24) is 20.6 Å². The molecule has 2 aliphatic rings. The van der Waals surface area contributed by atoms with Gasteiger partial charge in [-0.2, -0.15) is 0 Å². The van der Waals surface area contributed by atoms with Crippen LogP contribution in [0.4, 0.5) is 0 Å². The Hall–Kier alpha value is -1.93. The van der Waals surface area contributed by atoms with Gasteiger partial charge in [0, 0.05) is 24.2 Å².